The summed E-state index contributed by atoms with van der Waals surface area (Å²) in [6, 6.07) is 10.1. The smallest absolute Gasteiger partial charge is 0.119 e. The number of ether oxygens (including phenoxy) is 2. The van der Waals surface area contributed by atoms with Crippen molar-refractivity contribution in [3.05, 3.63) is 45.1 Å². The molecule has 0 aliphatic heterocycles. The van der Waals surface area contributed by atoms with Crippen molar-refractivity contribution in [2.24, 2.45) is 0 Å². The van der Waals surface area contributed by atoms with Crippen LogP contribution in [0.5, 0.6) is 5.75 Å². The van der Waals surface area contributed by atoms with Gasteiger partial charge in [0, 0.05) is 34.1 Å². The second-order valence-corrected chi connectivity index (χ2v) is 5.86. The number of thiophene rings is 1. The Labute approximate surface area is 125 Å². The molecule has 0 aliphatic rings. The molecule has 0 spiro atoms. The molecule has 0 aliphatic carbocycles. The average Bonchev–Trinajstić information content (AvgIpc) is 2.84. The lowest BCUT2D eigenvalue weighted by molar-refractivity contribution is 0.146. The first-order valence-corrected chi connectivity index (χ1v) is 7.64. The van der Waals surface area contributed by atoms with Crippen molar-refractivity contribution in [3.63, 3.8) is 0 Å². The van der Waals surface area contributed by atoms with E-state index >= 15 is 0 Å². The van der Waals surface area contributed by atoms with Crippen LogP contribution in [0.15, 0.2) is 40.2 Å². The molecule has 0 atom stereocenters. The molecule has 2 rings (SSSR count). The van der Waals surface area contributed by atoms with Crippen molar-refractivity contribution in [2.45, 2.75) is 6.54 Å². The van der Waals surface area contributed by atoms with Crippen LogP contribution < -0.4 is 10.1 Å². The molecule has 0 saturated heterocycles. The third kappa shape index (κ3) is 4.86. The van der Waals surface area contributed by atoms with Crippen molar-refractivity contribution in [1.82, 2.24) is 0 Å². The zero-order valence-electron chi connectivity index (χ0n) is 10.7. The summed E-state index contributed by atoms with van der Waals surface area (Å²) in [6.07, 6.45) is 0. The summed E-state index contributed by atoms with van der Waals surface area (Å²) in [5.74, 6) is 0.862. The normalized spacial score (nSPS) is 10.4. The summed E-state index contributed by atoms with van der Waals surface area (Å²) in [6.45, 7) is 2.01. The quantitative estimate of drug-likeness (QED) is 0.767. The largest absolute Gasteiger partial charge is 0.491 e. The Kier molecular flexibility index (Phi) is 5.69. The standard InChI is InChI=1S/C14H16BrNO2S/c1-17-6-7-18-13-4-2-12(3-5-13)16-9-14-8-11(15)10-19-14/h2-5,8,10,16H,6-7,9H2,1H3. The van der Waals surface area contributed by atoms with E-state index in [1.54, 1.807) is 18.4 Å². The maximum atomic E-state index is 5.51. The van der Waals surface area contributed by atoms with E-state index in [1.165, 1.54) is 4.88 Å². The minimum atomic E-state index is 0.576. The molecule has 5 heteroatoms. The molecular formula is C14H16BrNO2S. The monoisotopic (exact) mass is 341 g/mol. The van der Waals surface area contributed by atoms with E-state index < -0.39 is 0 Å². The highest BCUT2D eigenvalue weighted by atomic mass is 79.9. The van der Waals surface area contributed by atoms with Gasteiger partial charge in [0.1, 0.15) is 12.4 Å². The third-order valence-electron chi connectivity index (χ3n) is 2.50. The lowest BCUT2D eigenvalue weighted by atomic mass is 10.3. The molecule has 2 aromatic rings. The first kappa shape index (κ1) is 14.4. The topological polar surface area (TPSA) is 30.5 Å². The predicted octanol–water partition coefficient (Wildman–Crippen LogP) is 4.15. The second-order valence-electron chi connectivity index (χ2n) is 3.95. The first-order chi connectivity index (χ1) is 9.28. The molecule has 1 heterocycles. The molecule has 3 nitrogen and oxygen atoms in total. The van der Waals surface area contributed by atoms with Crippen LogP contribution in [0.25, 0.3) is 0 Å². The maximum Gasteiger partial charge on any atom is 0.119 e. The Hall–Kier alpha value is -1.04. The SMILES string of the molecule is COCCOc1ccc(NCc2cc(Br)cs2)cc1. The van der Waals surface area contributed by atoms with Crippen LogP contribution >= 0.6 is 27.3 Å². The van der Waals surface area contributed by atoms with Gasteiger partial charge in [0.05, 0.1) is 6.61 Å². The van der Waals surface area contributed by atoms with E-state index in [0.717, 1.165) is 22.5 Å². The first-order valence-electron chi connectivity index (χ1n) is 5.96. The molecule has 19 heavy (non-hydrogen) atoms. The molecular weight excluding hydrogens is 326 g/mol. The molecule has 0 unspecified atom stereocenters. The summed E-state index contributed by atoms with van der Waals surface area (Å²) in [5, 5.41) is 5.47. The van der Waals surface area contributed by atoms with E-state index in [-0.39, 0.29) is 0 Å². The minimum absolute atomic E-state index is 0.576. The fraction of sp³-hybridized carbons (Fsp3) is 0.286. The van der Waals surface area contributed by atoms with Crippen LogP contribution in [-0.2, 0) is 11.3 Å². The molecule has 1 aromatic carbocycles. The number of benzene rings is 1. The number of rotatable bonds is 7. The number of nitrogens with one attached hydrogen (secondary N) is 1. The summed E-state index contributed by atoms with van der Waals surface area (Å²) < 4.78 is 11.6. The van der Waals surface area contributed by atoms with Crippen molar-refractivity contribution < 1.29 is 9.47 Å². The van der Waals surface area contributed by atoms with Gasteiger partial charge in [-0.2, -0.15) is 0 Å². The highest BCUT2D eigenvalue weighted by Gasteiger charge is 1.99. The maximum absolute atomic E-state index is 5.51. The number of anilines is 1. The molecule has 0 fully saturated rings. The van der Waals surface area contributed by atoms with Crippen LogP contribution in [-0.4, -0.2) is 20.3 Å². The van der Waals surface area contributed by atoms with Crippen molar-refractivity contribution in [3.8, 4) is 5.75 Å². The van der Waals surface area contributed by atoms with Gasteiger partial charge in [-0.05, 0) is 46.3 Å². The molecule has 0 saturated carbocycles. The zero-order valence-corrected chi connectivity index (χ0v) is 13.1. The van der Waals surface area contributed by atoms with Gasteiger partial charge in [0.2, 0.25) is 0 Å². The van der Waals surface area contributed by atoms with Gasteiger partial charge in [0.25, 0.3) is 0 Å². The van der Waals surface area contributed by atoms with Crippen molar-refractivity contribution in [1.29, 1.82) is 0 Å². The van der Waals surface area contributed by atoms with Crippen LogP contribution in [0.1, 0.15) is 4.88 Å². The fourth-order valence-corrected chi connectivity index (χ4v) is 2.94. The van der Waals surface area contributed by atoms with Crippen molar-refractivity contribution in [2.75, 3.05) is 25.6 Å². The molecule has 0 bridgehead atoms. The van der Waals surface area contributed by atoms with E-state index in [4.69, 9.17) is 9.47 Å². The van der Waals surface area contributed by atoms with Gasteiger partial charge >= 0.3 is 0 Å². The fourth-order valence-electron chi connectivity index (χ4n) is 1.55. The molecule has 0 radical (unpaired) electrons. The predicted molar refractivity (Wildman–Crippen MR) is 83.2 cm³/mol. The van der Waals surface area contributed by atoms with Gasteiger partial charge < -0.3 is 14.8 Å². The van der Waals surface area contributed by atoms with E-state index in [0.29, 0.717) is 13.2 Å². The van der Waals surface area contributed by atoms with Gasteiger partial charge in [0.15, 0.2) is 0 Å². The summed E-state index contributed by atoms with van der Waals surface area (Å²) in [4.78, 5) is 1.30. The lowest BCUT2D eigenvalue weighted by Crippen LogP contribution is -2.04. The van der Waals surface area contributed by atoms with Gasteiger partial charge in [-0.1, -0.05) is 0 Å². The Balaban J connectivity index is 1.81. The van der Waals surface area contributed by atoms with Crippen LogP contribution in [0, 0.1) is 0 Å². The molecule has 0 amide bonds. The highest BCUT2D eigenvalue weighted by molar-refractivity contribution is 9.10. The third-order valence-corrected chi connectivity index (χ3v) is 4.20. The zero-order chi connectivity index (χ0) is 13.5. The molecule has 1 aromatic heterocycles. The van der Waals surface area contributed by atoms with Crippen molar-refractivity contribution >= 4 is 33.0 Å². The van der Waals surface area contributed by atoms with E-state index in [2.05, 4.69) is 32.7 Å². The molecule has 1 N–H and O–H groups in total. The second kappa shape index (κ2) is 7.53. The summed E-state index contributed by atoms with van der Waals surface area (Å²) in [7, 11) is 1.67. The highest BCUT2D eigenvalue weighted by Crippen LogP contribution is 2.21. The number of methoxy groups -OCH3 is 1. The number of hydrogen-bond acceptors (Lipinski definition) is 4. The lowest BCUT2D eigenvalue weighted by Gasteiger charge is -2.08. The van der Waals surface area contributed by atoms with Gasteiger partial charge in [-0.25, -0.2) is 0 Å². The average molecular weight is 342 g/mol. The Morgan fingerprint density at radius 2 is 2.00 bits per heavy atom. The Morgan fingerprint density at radius 3 is 2.63 bits per heavy atom. The Morgan fingerprint density at radius 1 is 1.21 bits per heavy atom. The number of halogens is 1. The van der Waals surface area contributed by atoms with E-state index in [9.17, 15) is 0 Å². The van der Waals surface area contributed by atoms with Crippen LogP contribution in [0.2, 0.25) is 0 Å². The summed E-state index contributed by atoms with van der Waals surface area (Å²) in [5.41, 5.74) is 1.09. The Bertz CT molecular complexity index is 498. The minimum Gasteiger partial charge on any atom is -0.491 e. The van der Waals surface area contributed by atoms with E-state index in [1.807, 2.05) is 24.3 Å². The van der Waals surface area contributed by atoms with Crippen LogP contribution in [0.4, 0.5) is 5.69 Å². The molecule has 102 valence electrons. The van der Waals surface area contributed by atoms with Crippen LogP contribution in [0.3, 0.4) is 0 Å². The number of hydrogen-bond donors (Lipinski definition) is 1. The van der Waals surface area contributed by atoms with Gasteiger partial charge in [-0.3, -0.25) is 0 Å². The van der Waals surface area contributed by atoms with Gasteiger partial charge in [-0.15, -0.1) is 11.3 Å². The summed E-state index contributed by atoms with van der Waals surface area (Å²) >= 11 is 5.19.